The molecule has 130 valence electrons. The number of benzene rings is 2. The highest BCUT2D eigenvalue weighted by molar-refractivity contribution is 5.64. The summed E-state index contributed by atoms with van der Waals surface area (Å²) in [4.78, 5) is 17.0. The molecule has 0 aliphatic carbocycles. The highest BCUT2D eigenvalue weighted by Gasteiger charge is 2.20. The number of aromatic nitrogens is 1. The van der Waals surface area contributed by atoms with Gasteiger partial charge < -0.3 is 4.90 Å². The summed E-state index contributed by atoms with van der Waals surface area (Å²) in [6.07, 6.45) is 3.29. The molecule has 0 radical (unpaired) electrons. The largest absolute Gasteiger partial charge is 0.343 e. The van der Waals surface area contributed by atoms with Gasteiger partial charge in [0.1, 0.15) is 0 Å². The fourth-order valence-corrected chi connectivity index (χ4v) is 2.81. The number of nitrogens with zero attached hydrogens (tertiary/aromatic N) is 3. The van der Waals surface area contributed by atoms with Crippen LogP contribution in [0.3, 0.4) is 0 Å². The highest BCUT2D eigenvalue weighted by atomic mass is 16.6. The maximum atomic E-state index is 11.3. The van der Waals surface area contributed by atoms with Gasteiger partial charge in [0, 0.05) is 25.4 Å². The van der Waals surface area contributed by atoms with Gasteiger partial charge in [-0.05, 0) is 22.8 Å². The lowest BCUT2D eigenvalue weighted by Gasteiger charge is -2.22. The zero-order chi connectivity index (χ0) is 18.4. The molecule has 0 spiro atoms. The summed E-state index contributed by atoms with van der Waals surface area (Å²) in [5.41, 5.74) is 3.33. The van der Waals surface area contributed by atoms with E-state index >= 15 is 0 Å². The van der Waals surface area contributed by atoms with Crippen molar-refractivity contribution in [1.29, 1.82) is 0 Å². The molecule has 2 aromatic carbocycles. The Kier molecular flexibility index (Phi) is 5.39. The third-order valence-corrected chi connectivity index (χ3v) is 4.05. The van der Waals surface area contributed by atoms with Crippen molar-refractivity contribution in [2.24, 2.45) is 0 Å². The number of pyridine rings is 1. The molecule has 26 heavy (non-hydrogen) atoms. The van der Waals surface area contributed by atoms with Crippen LogP contribution in [0.1, 0.15) is 5.56 Å². The minimum absolute atomic E-state index is 0.00439. The Morgan fingerprint density at radius 3 is 2.35 bits per heavy atom. The topological polar surface area (TPSA) is 59.3 Å². The molecule has 5 heteroatoms. The van der Waals surface area contributed by atoms with Crippen LogP contribution in [0.5, 0.6) is 0 Å². The maximum absolute atomic E-state index is 11.3. The van der Waals surface area contributed by atoms with E-state index in [1.165, 1.54) is 6.07 Å². The van der Waals surface area contributed by atoms with Gasteiger partial charge in [0.2, 0.25) is 5.82 Å². The van der Waals surface area contributed by atoms with Crippen molar-refractivity contribution in [1.82, 2.24) is 4.98 Å². The van der Waals surface area contributed by atoms with Crippen molar-refractivity contribution in [2.45, 2.75) is 6.54 Å². The van der Waals surface area contributed by atoms with Crippen LogP contribution in [-0.2, 0) is 6.54 Å². The van der Waals surface area contributed by atoms with Gasteiger partial charge in [-0.2, -0.15) is 0 Å². The number of hydrogen-bond acceptors (Lipinski definition) is 4. The molecule has 0 aliphatic heterocycles. The van der Waals surface area contributed by atoms with Crippen LogP contribution >= 0.6 is 0 Å². The average Bonchev–Trinajstić information content (AvgIpc) is 2.69. The van der Waals surface area contributed by atoms with Crippen molar-refractivity contribution in [2.75, 3.05) is 11.4 Å². The third kappa shape index (κ3) is 3.95. The number of anilines is 1. The summed E-state index contributed by atoms with van der Waals surface area (Å²) in [7, 11) is 0. The van der Waals surface area contributed by atoms with E-state index in [0.29, 0.717) is 18.9 Å². The smallest absolute Gasteiger partial charge is 0.311 e. The Morgan fingerprint density at radius 1 is 1.00 bits per heavy atom. The van der Waals surface area contributed by atoms with E-state index in [1.807, 2.05) is 35.2 Å². The van der Waals surface area contributed by atoms with Crippen LogP contribution in [0.4, 0.5) is 11.5 Å². The Hall–Kier alpha value is -3.47. The number of nitro groups is 1. The lowest BCUT2D eigenvalue weighted by molar-refractivity contribution is -0.384. The first-order chi connectivity index (χ1) is 12.7. The Morgan fingerprint density at radius 2 is 1.69 bits per heavy atom. The summed E-state index contributed by atoms with van der Waals surface area (Å²) < 4.78 is 0. The quantitative estimate of drug-likeness (QED) is 0.349. The molecule has 0 saturated heterocycles. The lowest BCUT2D eigenvalue weighted by Crippen LogP contribution is -2.24. The van der Waals surface area contributed by atoms with Crippen LogP contribution in [-0.4, -0.2) is 16.5 Å². The molecular weight excluding hydrogens is 326 g/mol. The molecule has 0 atom stereocenters. The number of hydrogen-bond donors (Lipinski definition) is 0. The first kappa shape index (κ1) is 17.4. The fourth-order valence-electron chi connectivity index (χ4n) is 2.81. The zero-order valence-electron chi connectivity index (χ0n) is 14.3. The summed E-state index contributed by atoms with van der Waals surface area (Å²) in [5, 5.41) is 11.3. The van der Waals surface area contributed by atoms with Gasteiger partial charge in [0.25, 0.3) is 0 Å². The second-order valence-electron chi connectivity index (χ2n) is 5.84. The van der Waals surface area contributed by atoms with Crippen LogP contribution in [0.2, 0.25) is 0 Å². The van der Waals surface area contributed by atoms with Crippen molar-refractivity contribution >= 4 is 11.5 Å². The molecule has 0 N–H and O–H groups in total. The van der Waals surface area contributed by atoms with Crippen LogP contribution in [0.25, 0.3) is 11.1 Å². The van der Waals surface area contributed by atoms with Crippen molar-refractivity contribution < 1.29 is 4.92 Å². The average molecular weight is 345 g/mol. The first-order valence-electron chi connectivity index (χ1n) is 8.28. The van der Waals surface area contributed by atoms with Gasteiger partial charge in [-0.3, -0.25) is 10.1 Å². The third-order valence-electron chi connectivity index (χ3n) is 4.05. The minimum Gasteiger partial charge on any atom is -0.343 e. The molecule has 0 fully saturated rings. The minimum atomic E-state index is -0.406. The summed E-state index contributed by atoms with van der Waals surface area (Å²) in [5.74, 6) is 0.351. The van der Waals surface area contributed by atoms with Gasteiger partial charge in [-0.1, -0.05) is 60.7 Å². The fraction of sp³-hybridized carbons (Fsp3) is 0.0952. The predicted molar refractivity (Wildman–Crippen MR) is 104 cm³/mol. The van der Waals surface area contributed by atoms with Crippen LogP contribution < -0.4 is 4.90 Å². The van der Waals surface area contributed by atoms with E-state index in [4.69, 9.17) is 0 Å². The monoisotopic (exact) mass is 345 g/mol. The number of rotatable bonds is 7. The summed E-state index contributed by atoms with van der Waals surface area (Å²) in [6, 6.07) is 21.4. The molecule has 0 saturated carbocycles. The van der Waals surface area contributed by atoms with Crippen molar-refractivity contribution in [3.63, 3.8) is 0 Å². The van der Waals surface area contributed by atoms with Gasteiger partial charge >= 0.3 is 5.69 Å². The van der Waals surface area contributed by atoms with E-state index in [9.17, 15) is 10.1 Å². The second kappa shape index (κ2) is 8.07. The Labute approximate surface area is 152 Å². The second-order valence-corrected chi connectivity index (χ2v) is 5.84. The van der Waals surface area contributed by atoms with Gasteiger partial charge in [-0.15, -0.1) is 6.58 Å². The molecule has 0 aliphatic rings. The van der Waals surface area contributed by atoms with Gasteiger partial charge in [-0.25, -0.2) is 4.98 Å². The molecule has 1 heterocycles. The molecule has 0 unspecified atom stereocenters. The lowest BCUT2D eigenvalue weighted by atomic mass is 10.0. The van der Waals surface area contributed by atoms with E-state index in [0.717, 1.165) is 16.7 Å². The standard InChI is InChI=1S/C21H19N3O2/c1-2-15-23(21-20(24(25)26)9-6-14-22-21)16-17-10-12-19(13-11-17)18-7-4-3-5-8-18/h2-14H,1,15-16H2. The Bertz CT molecular complexity index is 893. The van der Waals surface area contributed by atoms with E-state index in [1.54, 1.807) is 18.3 Å². The van der Waals surface area contributed by atoms with E-state index in [2.05, 4.69) is 35.8 Å². The highest BCUT2D eigenvalue weighted by Crippen LogP contribution is 2.27. The SMILES string of the molecule is C=CCN(Cc1ccc(-c2ccccc2)cc1)c1ncccc1[N+](=O)[O-]. The first-order valence-corrected chi connectivity index (χ1v) is 8.28. The molecule has 0 bridgehead atoms. The van der Waals surface area contributed by atoms with Crippen molar-refractivity contribution in [3.05, 3.63) is 101 Å². The molecule has 3 rings (SSSR count). The molecular formula is C21H19N3O2. The van der Waals surface area contributed by atoms with Gasteiger partial charge in [0.05, 0.1) is 4.92 Å². The molecule has 0 amide bonds. The zero-order valence-corrected chi connectivity index (χ0v) is 14.3. The van der Waals surface area contributed by atoms with Crippen LogP contribution in [0.15, 0.2) is 85.6 Å². The molecule has 5 nitrogen and oxygen atoms in total. The van der Waals surface area contributed by atoms with Gasteiger partial charge in [0.15, 0.2) is 0 Å². The molecule has 3 aromatic rings. The molecule has 1 aromatic heterocycles. The van der Waals surface area contributed by atoms with Crippen molar-refractivity contribution in [3.8, 4) is 11.1 Å². The van der Waals surface area contributed by atoms with E-state index in [-0.39, 0.29) is 5.69 Å². The summed E-state index contributed by atoms with van der Waals surface area (Å²) in [6.45, 7) is 4.74. The summed E-state index contributed by atoms with van der Waals surface area (Å²) >= 11 is 0. The van der Waals surface area contributed by atoms with E-state index < -0.39 is 4.92 Å². The normalized spacial score (nSPS) is 10.3. The Balaban J connectivity index is 1.85. The maximum Gasteiger partial charge on any atom is 0.311 e. The predicted octanol–water partition coefficient (Wildman–Crippen LogP) is 4.85. The van der Waals surface area contributed by atoms with Crippen LogP contribution in [0, 0.1) is 10.1 Å².